The van der Waals surface area contributed by atoms with E-state index in [0.717, 1.165) is 16.6 Å². The lowest BCUT2D eigenvalue weighted by atomic mass is 10.1. The van der Waals surface area contributed by atoms with Crippen LogP contribution >= 0.6 is 0 Å². The van der Waals surface area contributed by atoms with Gasteiger partial charge in [-0.3, -0.25) is 13.9 Å². The summed E-state index contributed by atoms with van der Waals surface area (Å²) in [5, 5.41) is 2.90. The number of hydrogen-bond donors (Lipinski definition) is 1. The predicted molar refractivity (Wildman–Crippen MR) is 113 cm³/mol. The van der Waals surface area contributed by atoms with Gasteiger partial charge in [0.15, 0.2) is 5.65 Å². The van der Waals surface area contributed by atoms with E-state index in [4.69, 9.17) is 0 Å². The second-order valence-corrected chi connectivity index (χ2v) is 6.92. The molecule has 2 aromatic heterocycles. The van der Waals surface area contributed by atoms with Gasteiger partial charge in [0.25, 0.3) is 5.91 Å². The summed E-state index contributed by atoms with van der Waals surface area (Å²) in [5.74, 6) is -0.142. The number of nitrogens with zero attached hydrogens (tertiary/aromatic N) is 3. The maximum atomic E-state index is 13.1. The Morgan fingerprint density at radius 1 is 0.966 bits per heavy atom. The minimum absolute atomic E-state index is 0.132. The van der Waals surface area contributed by atoms with Crippen LogP contribution in [0.3, 0.4) is 0 Å². The molecular weight excluding hydrogens is 364 g/mol. The Hall–Kier alpha value is -3.67. The van der Waals surface area contributed by atoms with Gasteiger partial charge < -0.3 is 5.32 Å². The lowest BCUT2D eigenvalue weighted by Crippen LogP contribution is -2.32. The van der Waals surface area contributed by atoms with Crippen molar-refractivity contribution in [3.05, 3.63) is 100 Å². The number of benzene rings is 2. The molecule has 0 spiro atoms. The van der Waals surface area contributed by atoms with Crippen LogP contribution in [0.15, 0.2) is 77.7 Å². The van der Waals surface area contributed by atoms with E-state index in [2.05, 4.69) is 10.3 Å². The van der Waals surface area contributed by atoms with E-state index in [9.17, 15) is 9.59 Å². The highest BCUT2D eigenvalue weighted by Crippen LogP contribution is 2.12. The number of fused-ring (bicyclic) bond motifs is 1. The van der Waals surface area contributed by atoms with Crippen molar-refractivity contribution >= 4 is 17.1 Å². The number of aromatic nitrogens is 3. The van der Waals surface area contributed by atoms with E-state index in [1.54, 1.807) is 21.4 Å². The summed E-state index contributed by atoms with van der Waals surface area (Å²) in [6.07, 6.45) is 1.68. The van der Waals surface area contributed by atoms with E-state index in [-0.39, 0.29) is 11.6 Å². The van der Waals surface area contributed by atoms with Gasteiger partial charge in [-0.05, 0) is 36.2 Å². The third-order valence-corrected chi connectivity index (χ3v) is 4.97. The molecule has 0 aliphatic carbocycles. The van der Waals surface area contributed by atoms with Gasteiger partial charge in [-0.2, -0.15) is 0 Å². The molecule has 0 aliphatic rings. The normalized spacial score (nSPS) is 10.9. The SMILES string of the molecule is Cc1ccccc1C(=O)NCCn1c(=O)n(Cc2ccccc2)c2cccnc21. The minimum Gasteiger partial charge on any atom is -0.350 e. The molecule has 0 saturated heterocycles. The van der Waals surface area contributed by atoms with Crippen LogP contribution in [0, 0.1) is 6.92 Å². The molecule has 6 heteroatoms. The number of aryl methyl sites for hydroxylation is 1. The van der Waals surface area contributed by atoms with E-state index < -0.39 is 0 Å². The first-order valence-corrected chi connectivity index (χ1v) is 9.57. The lowest BCUT2D eigenvalue weighted by Gasteiger charge is -2.08. The van der Waals surface area contributed by atoms with Crippen molar-refractivity contribution in [3.63, 3.8) is 0 Å². The van der Waals surface area contributed by atoms with Crippen molar-refractivity contribution in [2.75, 3.05) is 6.54 Å². The van der Waals surface area contributed by atoms with Crippen LogP contribution in [0.4, 0.5) is 0 Å². The molecule has 29 heavy (non-hydrogen) atoms. The first kappa shape index (κ1) is 18.7. The molecule has 0 radical (unpaired) electrons. The molecule has 0 aliphatic heterocycles. The fourth-order valence-electron chi connectivity index (χ4n) is 3.47. The summed E-state index contributed by atoms with van der Waals surface area (Å²) >= 11 is 0. The Kier molecular flexibility index (Phi) is 5.24. The zero-order chi connectivity index (χ0) is 20.2. The van der Waals surface area contributed by atoms with Gasteiger partial charge in [0, 0.05) is 24.8 Å². The highest BCUT2D eigenvalue weighted by atomic mass is 16.2. The lowest BCUT2D eigenvalue weighted by molar-refractivity contribution is 0.0951. The smallest absolute Gasteiger partial charge is 0.330 e. The van der Waals surface area contributed by atoms with Crippen molar-refractivity contribution in [2.24, 2.45) is 0 Å². The Labute approximate surface area is 168 Å². The zero-order valence-corrected chi connectivity index (χ0v) is 16.2. The van der Waals surface area contributed by atoms with Crippen LogP contribution in [0.2, 0.25) is 0 Å². The topological polar surface area (TPSA) is 68.9 Å². The highest BCUT2D eigenvalue weighted by molar-refractivity contribution is 5.95. The highest BCUT2D eigenvalue weighted by Gasteiger charge is 2.15. The first-order chi connectivity index (χ1) is 14.1. The van der Waals surface area contributed by atoms with E-state index >= 15 is 0 Å². The molecule has 0 unspecified atom stereocenters. The molecule has 0 atom stereocenters. The number of rotatable bonds is 6. The molecule has 2 aromatic carbocycles. The standard InChI is InChI=1S/C23H22N4O2/c1-17-8-5-6-11-19(17)22(28)25-14-15-26-21-20(12-7-13-24-21)27(23(26)29)16-18-9-3-2-4-10-18/h2-13H,14-16H2,1H3,(H,25,28). The van der Waals surface area contributed by atoms with Crippen LogP contribution in [0.5, 0.6) is 0 Å². The molecule has 6 nitrogen and oxygen atoms in total. The van der Waals surface area contributed by atoms with Gasteiger partial charge >= 0.3 is 5.69 Å². The Bertz CT molecular complexity index is 1210. The molecule has 0 fully saturated rings. The Balaban J connectivity index is 1.56. The number of carbonyl (C=O) groups is 1. The molecule has 1 N–H and O–H groups in total. The Morgan fingerprint density at radius 3 is 2.52 bits per heavy atom. The molecule has 0 saturated carbocycles. The molecule has 2 heterocycles. The summed E-state index contributed by atoms with van der Waals surface area (Å²) in [4.78, 5) is 29.9. The number of imidazole rings is 1. The molecule has 4 rings (SSSR count). The summed E-state index contributed by atoms with van der Waals surface area (Å²) in [5.41, 5.74) is 3.89. The van der Waals surface area contributed by atoms with Crippen LogP contribution in [0.1, 0.15) is 21.5 Å². The predicted octanol–water partition coefficient (Wildman–Crippen LogP) is 2.98. The molecule has 0 bridgehead atoms. The summed E-state index contributed by atoms with van der Waals surface area (Å²) in [6.45, 7) is 3.07. The van der Waals surface area contributed by atoms with Crippen LogP contribution < -0.4 is 11.0 Å². The van der Waals surface area contributed by atoms with Crippen molar-refractivity contribution in [1.29, 1.82) is 0 Å². The van der Waals surface area contributed by atoms with Crippen LogP contribution in [-0.4, -0.2) is 26.6 Å². The monoisotopic (exact) mass is 386 g/mol. The maximum Gasteiger partial charge on any atom is 0.330 e. The third-order valence-electron chi connectivity index (χ3n) is 4.97. The number of nitrogens with one attached hydrogen (secondary N) is 1. The van der Waals surface area contributed by atoms with E-state index in [1.807, 2.05) is 67.6 Å². The summed E-state index contributed by atoms with van der Waals surface area (Å²) in [6, 6.07) is 21.0. The van der Waals surface area contributed by atoms with E-state index in [0.29, 0.717) is 30.8 Å². The van der Waals surface area contributed by atoms with Gasteiger partial charge in [-0.15, -0.1) is 0 Å². The van der Waals surface area contributed by atoms with Gasteiger partial charge in [0.1, 0.15) is 0 Å². The quantitative estimate of drug-likeness (QED) is 0.554. The second kappa shape index (κ2) is 8.14. The van der Waals surface area contributed by atoms with Gasteiger partial charge in [0.2, 0.25) is 0 Å². The largest absolute Gasteiger partial charge is 0.350 e. The van der Waals surface area contributed by atoms with Crippen molar-refractivity contribution in [2.45, 2.75) is 20.0 Å². The Morgan fingerprint density at radius 2 is 1.72 bits per heavy atom. The third kappa shape index (κ3) is 3.82. The van der Waals surface area contributed by atoms with Crippen LogP contribution in [-0.2, 0) is 13.1 Å². The molecular formula is C23H22N4O2. The number of amides is 1. The summed E-state index contributed by atoms with van der Waals surface area (Å²) < 4.78 is 3.34. The first-order valence-electron chi connectivity index (χ1n) is 9.57. The van der Waals surface area contributed by atoms with Gasteiger partial charge in [-0.1, -0.05) is 48.5 Å². The molecule has 146 valence electrons. The average Bonchev–Trinajstić information content (AvgIpc) is 3.01. The number of carbonyl (C=O) groups excluding carboxylic acids is 1. The maximum absolute atomic E-state index is 13.1. The summed E-state index contributed by atoms with van der Waals surface area (Å²) in [7, 11) is 0. The minimum atomic E-state index is -0.142. The fourth-order valence-corrected chi connectivity index (χ4v) is 3.47. The van der Waals surface area contributed by atoms with Crippen LogP contribution in [0.25, 0.3) is 11.2 Å². The van der Waals surface area contributed by atoms with Crippen molar-refractivity contribution < 1.29 is 4.79 Å². The number of pyridine rings is 1. The number of hydrogen-bond acceptors (Lipinski definition) is 3. The fraction of sp³-hybridized carbons (Fsp3) is 0.174. The average molecular weight is 386 g/mol. The molecule has 4 aromatic rings. The van der Waals surface area contributed by atoms with E-state index in [1.165, 1.54) is 0 Å². The zero-order valence-electron chi connectivity index (χ0n) is 16.2. The van der Waals surface area contributed by atoms with Crippen molar-refractivity contribution in [3.8, 4) is 0 Å². The second-order valence-electron chi connectivity index (χ2n) is 6.92. The molecule has 1 amide bonds. The van der Waals surface area contributed by atoms with Gasteiger partial charge in [0.05, 0.1) is 12.1 Å². The van der Waals surface area contributed by atoms with Crippen molar-refractivity contribution in [1.82, 2.24) is 19.4 Å². The van der Waals surface area contributed by atoms with Gasteiger partial charge in [-0.25, -0.2) is 9.78 Å².